The quantitative estimate of drug-likeness (QED) is 0.471. The lowest BCUT2D eigenvalue weighted by atomic mass is 10.2. The second kappa shape index (κ2) is 8.70. The average Bonchev–Trinajstić information content (AvgIpc) is 3.38. The number of hydrogen-bond acceptors (Lipinski definition) is 4. The van der Waals surface area contributed by atoms with Crippen molar-refractivity contribution in [2.24, 2.45) is 0 Å². The number of rotatable bonds is 7. The van der Waals surface area contributed by atoms with Crippen molar-refractivity contribution < 1.29 is 13.9 Å². The van der Waals surface area contributed by atoms with Crippen LogP contribution in [-0.2, 0) is 13.2 Å². The fraction of sp³-hybridized carbons (Fsp3) is 0.0909. The van der Waals surface area contributed by atoms with Crippen molar-refractivity contribution in [1.82, 2.24) is 9.78 Å². The summed E-state index contributed by atoms with van der Waals surface area (Å²) >= 11 is 1.34. The zero-order valence-corrected chi connectivity index (χ0v) is 16.2. The molecule has 0 radical (unpaired) electrons. The molecule has 2 aromatic carbocycles. The minimum absolute atomic E-state index is 0.192. The third-order valence-electron chi connectivity index (χ3n) is 4.18. The zero-order chi connectivity index (χ0) is 20.1. The average molecular weight is 407 g/mol. The molecule has 0 fully saturated rings. The molecule has 146 valence electrons. The SMILES string of the molecule is O=C(Nc1cnn(Cc2ccccc2)c1)c1cc(COc2ccc(F)cc2)cs1. The fourth-order valence-corrected chi connectivity index (χ4v) is 3.54. The number of carbonyl (C=O) groups is 1. The Balaban J connectivity index is 1.32. The van der Waals surface area contributed by atoms with Crippen LogP contribution in [-0.4, -0.2) is 15.7 Å². The summed E-state index contributed by atoms with van der Waals surface area (Å²) in [6.07, 6.45) is 3.43. The molecule has 0 aliphatic rings. The molecule has 1 amide bonds. The fourth-order valence-electron chi connectivity index (χ4n) is 2.75. The lowest BCUT2D eigenvalue weighted by molar-refractivity contribution is 0.103. The van der Waals surface area contributed by atoms with E-state index < -0.39 is 0 Å². The van der Waals surface area contributed by atoms with Gasteiger partial charge in [-0.15, -0.1) is 11.3 Å². The van der Waals surface area contributed by atoms with Gasteiger partial charge in [0.1, 0.15) is 18.2 Å². The molecule has 7 heteroatoms. The van der Waals surface area contributed by atoms with E-state index in [1.165, 1.54) is 23.5 Å². The summed E-state index contributed by atoms with van der Waals surface area (Å²) in [6.45, 7) is 0.949. The molecule has 4 rings (SSSR count). The molecule has 2 heterocycles. The molecule has 0 spiro atoms. The maximum Gasteiger partial charge on any atom is 0.265 e. The monoisotopic (exact) mass is 407 g/mol. The van der Waals surface area contributed by atoms with Crippen LogP contribution in [0, 0.1) is 5.82 Å². The molecule has 0 saturated heterocycles. The highest BCUT2D eigenvalue weighted by Gasteiger charge is 2.11. The van der Waals surface area contributed by atoms with Crippen molar-refractivity contribution in [2.45, 2.75) is 13.2 Å². The van der Waals surface area contributed by atoms with Gasteiger partial charge in [0, 0.05) is 11.8 Å². The Morgan fingerprint density at radius 2 is 1.90 bits per heavy atom. The summed E-state index contributed by atoms with van der Waals surface area (Å²) in [5, 5.41) is 9.03. The van der Waals surface area contributed by atoms with Crippen molar-refractivity contribution >= 4 is 22.9 Å². The van der Waals surface area contributed by atoms with Gasteiger partial charge < -0.3 is 10.1 Å². The number of halogens is 1. The highest BCUT2D eigenvalue weighted by molar-refractivity contribution is 7.12. The van der Waals surface area contributed by atoms with E-state index in [0.717, 1.165) is 11.1 Å². The summed E-state index contributed by atoms with van der Waals surface area (Å²) in [5.74, 6) is 0.0793. The third-order valence-corrected chi connectivity index (χ3v) is 5.15. The number of benzene rings is 2. The number of carbonyl (C=O) groups excluding carboxylic acids is 1. The van der Waals surface area contributed by atoms with E-state index in [-0.39, 0.29) is 11.7 Å². The first-order chi connectivity index (χ1) is 14.2. The highest BCUT2D eigenvalue weighted by Crippen LogP contribution is 2.19. The summed E-state index contributed by atoms with van der Waals surface area (Å²) < 4.78 is 20.3. The van der Waals surface area contributed by atoms with Crippen LogP contribution in [0.25, 0.3) is 0 Å². The van der Waals surface area contributed by atoms with E-state index in [0.29, 0.717) is 29.5 Å². The molecule has 0 saturated carbocycles. The molecule has 2 aromatic heterocycles. The lowest BCUT2D eigenvalue weighted by Crippen LogP contribution is -2.09. The Labute approximate surface area is 171 Å². The minimum Gasteiger partial charge on any atom is -0.489 e. The van der Waals surface area contributed by atoms with Crippen molar-refractivity contribution in [3.63, 3.8) is 0 Å². The first kappa shape index (κ1) is 18.9. The van der Waals surface area contributed by atoms with Crippen molar-refractivity contribution in [3.8, 4) is 5.75 Å². The van der Waals surface area contributed by atoms with Gasteiger partial charge in [-0.05, 0) is 41.3 Å². The molecular formula is C22H18FN3O2S. The van der Waals surface area contributed by atoms with E-state index >= 15 is 0 Å². The van der Waals surface area contributed by atoms with Crippen LogP contribution in [0.5, 0.6) is 5.75 Å². The van der Waals surface area contributed by atoms with Crippen LogP contribution < -0.4 is 10.1 Å². The highest BCUT2D eigenvalue weighted by atomic mass is 32.1. The molecule has 29 heavy (non-hydrogen) atoms. The van der Waals surface area contributed by atoms with E-state index in [1.54, 1.807) is 35.3 Å². The Morgan fingerprint density at radius 1 is 1.10 bits per heavy atom. The molecule has 0 bridgehead atoms. The summed E-state index contributed by atoms with van der Waals surface area (Å²) in [5.41, 5.74) is 2.66. The maximum absolute atomic E-state index is 12.9. The molecule has 0 aliphatic heterocycles. The number of ether oxygens (including phenoxy) is 1. The second-order valence-electron chi connectivity index (χ2n) is 6.43. The zero-order valence-electron chi connectivity index (χ0n) is 15.4. The Kier molecular flexibility index (Phi) is 5.67. The van der Waals surface area contributed by atoms with Gasteiger partial charge >= 0.3 is 0 Å². The number of amides is 1. The van der Waals surface area contributed by atoms with Crippen LogP contribution in [0.1, 0.15) is 20.8 Å². The predicted molar refractivity (Wildman–Crippen MR) is 111 cm³/mol. The topological polar surface area (TPSA) is 56.2 Å². The third kappa shape index (κ3) is 5.08. The summed E-state index contributed by atoms with van der Waals surface area (Å²) in [6, 6.07) is 17.6. The normalized spacial score (nSPS) is 10.7. The number of hydrogen-bond donors (Lipinski definition) is 1. The van der Waals surface area contributed by atoms with Crippen LogP contribution >= 0.6 is 11.3 Å². The number of nitrogens with one attached hydrogen (secondary N) is 1. The standard InChI is InChI=1S/C22H18FN3O2S/c23-18-6-8-20(9-7-18)28-14-17-10-21(29-15-17)22(27)25-19-11-24-26(13-19)12-16-4-2-1-3-5-16/h1-11,13,15H,12,14H2,(H,25,27). The van der Waals surface area contributed by atoms with Crippen molar-refractivity contribution in [2.75, 3.05) is 5.32 Å². The molecule has 0 atom stereocenters. The van der Waals surface area contributed by atoms with Crippen LogP contribution in [0.15, 0.2) is 78.4 Å². The molecule has 0 unspecified atom stereocenters. The second-order valence-corrected chi connectivity index (χ2v) is 7.34. The number of aromatic nitrogens is 2. The number of thiophene rings is 1. The van der Waals surface area contributed by atoms with Gasteiger partial charge in [-0.2, -0.15) is 5.10 Å². The van der Waals surface area contributed by atoms with Crippen LogP contribution in [0.3, 0.4) is 0 Å². The Bertz CT molecular complexity index is 1090. The molecule has 1 N–H and O–H groups in total. The summed E-state index contributed by atoms with van der Waals surface area (Å²) in [7, 11) is 0. The van der Waals surface area contributed by atoms with Gasteiger partial charge in [0.25, 0.3) is 5.91 Å². The van der Waals surface area contributed by atoms with E-state index in [9.17, 15) is 9.18 Å². The van der Waals surface area contributed by atoms with E-state index in [1.807, 2.05) is 35.7 Å². The molecule has 4 aromatic rings. The minimum atomic E-state index is -0.307. The number of nitrogens with zero attached hydrogens (tertiary/aromatic N) is 2. The van der Waals surface area contributed by atoms with E-state index in [4.69, 9.17) is 4.74 Å². The molecule has 5 nitrogen and oxygen atoms in total. The first-order valence-corrected chi connectivity index (χ1v) is 9.87. The maximum atomic E-state index is 12.9. The van der Waals surface area contributed by atoms with Gasteiger partial charge in [-0.3, -0.25) is 9.48 Å². The lowest BCUT2D eigenvalue weighted by Gasteiger charge is -2.04. The van der Waals surface area contributed by atoms with Gasteiger partial charge in [-0.1, -0.05) is 30.3 Å². The van der Waals surface area contributed by atoms with Gasteiger partial charge in [0.15, 0.2) is 0 Å². The Morgan fingerprint density at radius 3 is 2.69 bits per heavy atom. The Hall–Kier alpha value is -3.45. The number of anilines is 1. The van der Waals surface area contributed by atoms with Crippen LogP contribution in [0.4, 0.5) is 10.1 Å². The van der Waals surface area contributed by atoms with E-state index in [2.05, 4.69) is 10.4 Å². The molecular weight excluding hydrogens is 389 g/mol. The van der Waals surface area contributed by atoms with Crippen LogP contribution in [0.2, 0.25) is 0 Å². The van der Waals surface area contributed by atoms with Gasteiger partial charge in [0.2, 0.25) is 0 Å². The predicted octanol–water partition coefficient (Wildman–Crippen LogP) is 4.96. The largest absolute Gasteiger partial charge is 0.489 e. The summed E-state index contributed by atoms with van der Waals surface area (Å²) in [4.78, 5) is 13.1. The first-order valence-electron chi connectivity index (χ1n) is 8.99. The van der Waals surface area contributed by atoms with Crippen molar-refractivity contribution in [3.05, 3.63) is 100 Å². The molecule has 0 aliphatic carbocycles. The van der Waals surface area contributed by atoms with Gasteiger partial charge in [-0.25, -0.2) is 4.39 Å². The smallest absolute Gasteiger partial charge is 0.265 e. The van der Waals surface area contributed by atoms with Crippen molar-refractivity contribution in [1.29, 1.82) is 0 Å². The van der Waals surface area contributed by atoms with Gasteiger partial charge in [0.05, 0.1) is 23.3 Å².